The number of benzene rings is 3. The van der Waals surface area contributed by atoms with E-state index in [-0.39, 0.29) is 5.75 Å². The monoisotopic (exact) mass is 522 g/mol. The maximum absolute atomic E-state index is 10.0. The van der Waals surface area contributed by atoms with Gasteiger partial charge in [0.25, 0.3) is 0 Å². The molecule has 3 aromatic rings. The molecule has 0 amide bonds. The van der Waals surface area contributed by atoms with E-state index in [4.69, 9.17) is 28.5 Å². The lowest BCUT2D eigenvalue weighted by Gasteiger charge is -2.33. The van der Waals surface area contributed by atoms with Gasteiger partial charge in [-0.05, 0) is 85.0 Å². The molecule has 3 N–H and O–H groups in total. The number of phenolic OH excluding ortho intramolecular Hbond substituents is 1. The highest BCUT2D eigenvalue weighted by Gasteiger charge is 2.23. The number of para-hydroxylation sites is 1. The Hall–Kier alpha value is -2.91. The van der Waals surface area contributed by atoms with Crippen LogP contribution in [0, 0.1) is 23.3 Å². The second kappa shape index (κ2) is 12.9. The van der Waals surface area contributed by atoms with Gasteiger partial charge in [-0.15, -0.1) is 0 Å². The molecule has 0 atom stereocenters. The number of aromatic hydroxyl groups is 1. The van der Waals surface area contributed by atoms with E-state index < -0.39 is 0 Å². The van der Waals surface area contributed by atoms with Gasteiger partial charge < -0.3 is 10.4 Å². The molecule has 1 fully saturated rings. The van der Waals surface area contributed by atoms with Gasteiger partial charge >= 0.3 is 0 Å². The molecule has 0 aliphatic heterocycles. The van der Waals surface area contributed by atoms with Crippen molar-refractivity contribution in [3.63, 3.8) is 0 Å². The molecule has 0 heterocycles. The zero-order valence-corrected chi connectivity index (χ0v) is 21.8. The summed E-state index contributed by atoms with van der Waals surface area (Å²) in [6.45, 7) is 3.64. The average molecular weight is 524 g/mol. The molecule has 0 saturated heterocycles. The minimum atomic E-state index is 0.0757. The highest BCUT2D eigenvalue weighted by molar-refractivity contribution is 6.30. The van der Waals surface area contributed by atoms with Gasteiger partial charge in [0.05, 0.1) is 5.69 Å². The number of hydrogen-bond acceptors (Lipinski definition) is 5. The Balaban J connectivity index is 1.32. The summed E-state index contributed by atoms with van der Waals surface area (Å²) in [6.07, 6.45) is 6.60. The number of nitriles is 1. The topological polar surface area (TPSA) is 71.3 Å². The first kappa shape index (κ1) is 26.2. The van der Waals surface area contributed by atoms with E-state index in [9.17, 15) is 5.11 Å². The highest BCUT2D eigenvalue weighted by Crippen LogP contribution is 2.34. The van der Waals surface area contributed by atoms with Crippen LogP contribution in [0.2, 0.25) is 10.0 Å². The average Bonchev–Trinajstić information content (AvgIpc) is 2.88. The number of hydrogen-bond donors (Lipinski definition) is 3. The molecule has 0 spiro atoms. The van der Waals surface area contributed by atoms with E-state index in [2.05, 4.69) is 39.8 Å². The SMILES string of the molecule is N#CNc1c(O)cccc1NCC1CCC(CN(Cc2ccc(Cl)cc2)Cc2ccc(Cl)cc2)CC1. The lowest BCUT2D eigenvalue weighted by Crippen LogP contribution is -2.32. The molecule has 1 aliphatic rings. The summed E-state index contributed by atoms with van der Waals surface area (Å²) in [5, 5.41) is 26.6. The number of nitrogens with zero attached hydrogens (tertiary/aromatic N) is 2. The number of nitrogens with one attached hydrogen (secondary N) is 2. The highest BCUT2D eigenvalue weighted by atomic mass is 35.5. The fourth-order valence-electron chi connectivity index (χ4n) is 4.99. The molecule has 1 aliphatic carbocycles. The number of halogens is 2. The van der Waals surface area contributed by atoms with E-state index in [0.29, 0.717) is 17.5 Å². The van der Waals surface area contributed by atoms with Crippen LogP contribution in [0.15, 0.2) is 66.7 Å². The van der Waals surface area contributed by atoms with Crippen molar-refractivity contribution in [3.8, 4) is 11.9 Å². The molecule has 0 radical (unpaired) electrons. The molecule has 5 nitrogen and oxygen atoms in total. The fourth-order valence-corrected chi connectivity index (χ4v) is 5.25. The maximum atomic E-state index is 10.0. The largest absolute Gasteiger partial charge is 0.506 e. The Kier molecular flexibility index (Phi) is 9.35. The Morgan fingerprint density at radius 3 is 1.94 bits per heavy atom. The Bertz CT molecular complexity index is 1110. The van der Waals surface area contributed by atoms with Gasteiger partial charge in [-0.2, -0.15) is 5.26 Å². The minimum Gasteiger partial charge on any atom is -0.506 e. The number of anilines is 2. The van der Waals surface area contributed by atoms with E-state index in [1.54, 1.807) is 12.1 Å². The molecular weight excluding hydrogens is 491 g/mol. The minimum absolute atomic E-state index is 0.0757. The van der Waals surface area contributed by atoms with Gasteiger partial charge in [0, 0.05) is 36.2 Å². The Morgan fingerprint density at radius 1 is 0.833 bits per heavy atom. The van der Waals surface area contributed by atoms with Gasteiger partial charge in [-0.3, -0.25) is 10.2 Å². The summed E-state index contributed by atoms with van der Waals surface area (Å²) in [5.74, 6) is 1.30. The summed E-state index contributed by atoms with van der Waals surface area (Å²) in [6, 6.07) is 21.5. The molecule has 7 heteroatoms. The van der Waals surface area contributed by atoms with E-state index >= 15 is 0 Å². The van der Waals surface area contributed by atoms with E-state index in [0.717, 1.165) is 54.8 Å². The summed E-state index contributed by atoms with van der Waals surface area (Å²) in [7, 11) is 0. The van der Waals surface area contributed by atoms with Crippen molar-refractivity contribution in [2.45, 2.75) is 38.8 Å². The Morgan fingerprint density at radius 2 is 1.39 bits per heavy atom. The summed E-state index contributed by atoms with van der Waals surface area (Å²) >= 11 is 12.2. The molecule has 3 aromatic carbocycles. The normalized spacial score (nSPS) is 17.5. The molecule has 0 unspecified atom stereocenters. The van der Waals surface area contributed by atoms with Crippen molar-refractivity contribution in [1.82, 2.24) is 4.90 Å². The van der Waals surface area contributed by atoms with Crippen molar-refractivity contribution >= 4 is 34.6 Å². The van der Waals surface area contributed by atoms with Crippen LogP contribution >= 0.6 is 23.2 Å². The van der Waals surface area contributed by atoms with Crippen LogP contribution in [0.3, 0.4) is 0 Å². The van der Waals surface area contributed by atoms with Gasteiger partial charge in [-0.25, -0.2) is 0 Å². The first-order chi connectivity index (χ1) is 17.5. The standard InChI is InChI=1S/C29H32Cl2N4O/c30-25-12-8-23(9-13-25)18-35(19-24-10-14-26(31)15-11-24)17-22-6-4-21(5-7-22)16-33-27-2-1-3-28(36)29(27)34-20-32/h1-3,8-15,21-22,33-34,36H,4-7,16-19H2. The Labute approximate surface area is 223 Å². The third-order valence-corrected chi connectivity index (χ3v) is 7.43. The second-order valence-corrected chi connectivity index (χ2v) is 10.5. The van der Waals surface area contributed by atoms with E-state index in [1.165, 1.54) is 24.0 Å². The van der Waals surface area contributed by atoms with Crippen LogP contribution in [0.4, 0.5) is 11.4 Å². The van der Waals surface area contributed by atoms with Crippen LogP contribution in [-0.2, 0) is 13.1 Å². The number of phenols is 1. The summed E-state index contributed by atoms with van der Waals surface area (Å²) < 4.78 is 0. The summed E-state index contributed by atoms with van der Waals surface area (Å²) in [4.78, 5) is 2.53. The molecule has 36 heavy (non-hydrogen) atoms. The lowest BCUT2D eigenvalue weighted by molar-refractivity contribution is 0.171. The van der Waals surface area contributed by atoms with Crippen molar-refractivity contribution in [2.75, 3.05) is 23.7 Å². The van der Waals surface area contributed by atoms with Crippen molar-refractivity contribution < 1.29 is 5.11 Å². The molecule has 188 valence electrons. The molecule has 0 bridgehead atoms. The molecule has 0 aromatic heterocycles. The van der Waals surface area contributed by atoms with Crippen molar-refractivity contribution in [1.29, 1.82) is 5.26 Å². The van der Waals surface area contributed by atoms with Crippen molar-refractivity contribution in [3.05, 3.63) is 87.9 Å². The lowest BCUT2D eigenvalue weighted by atomic mass is 9.81. The van der Waals surface area contributed by atoms with Crippen LogP contribution in [0.5, 0.6) is 5.75 Å². The smallest absolute Gasteiger partial charge is 0.181 e. The van der Waals surface area contributed by atoms with Gasteiger partial charge in [-0.1, -0.05) is 53.5 Å². The van der Waals surface area contributed by atoms with Gasteiger partial charge in [0.15, 0.2) is 6.19 Å². The quantitative estimate of drug-likeness (QED) is 0.146. The zero-order chi connectivity index (χ0) is 25.3. The van der Waals surface area contributed by atoms with Crippen LogP contribution in [0.1, 0.15) is 36.8 Å². The molecular formula is C29H32Cl2N4O. The van der Waals surface area contributed by atoms with E-state index in [1.807, 2.05) is 36.5 Å². The maximum Gasteiger partial charge on any atom is 0.181 e. The second-order valence-electron chi connectivity index (χ2n) is 9.63. The van der Waals surface area contributed by atoms with Crippen molar-refractivity contribution in [2.24, 2.45) is 11.8 Å². The number of rotatable bonds is 10. The van der Waals surface area contributed by atoms with Crippen LogP contribution < -0.4 is 10.6 Å². The predicted octanol–water partition coefficient (Wildman–Crippen LogP) is 7.51. The third-order valence-electron chi connectivity index (χ3n) is 6.93. The molecule has 4 rings (SSSR count). The zero-order valence-electron chi connectivity index (χ0n) is 20.3. The first-order valence-corrected chi connectivity index (χ1v) is 13.2. The third kappa shape index (κ3) is 7.54. The van der Waals surface area contributed by atoms with Crippen LogP contribution in [0.25, 0.3) is 0 Å². The van der Waals surface area contributed by atoms with Gasteiger partial charge in [0.1, 0.15) is 11.4 Å². The van der Waals surface area contributed by atoms with Crippen LogP contribution in [-0.4, -0.2) is 23.1 Å². The summed E-state index contributed by atoms with van der Waals surface area (Å²) in [5.41, 5.74) is 3.72. The molecule has 1 saturated carbocycles. The van der Waals surface area contributed by atoms with Gasteiger partial charge in [0.2, 0.25) is 0 Å². The fraction of sp³-hybridized carbons (Fsp3) is 0.345. The first-order valence-electron chi connectivity index (χ1n) is 12.4. The predicted molar refractivity (Wildman–Crippen MR) is 148 cm³/mol.